The number of hydrogen-bond donors (Lipinski definition) is 0. The van der Waals surface area contributed by atoms with Crippen molar-refractivity contribution < 1.29 is 0 Å². The van der Waals surface area contributed by atoms with Crippen LogP contribution in [0.2, 0.25) is 0 Å². The molecular weight excluding hydrogens is 218 g/mol. The lowest BCUT2D eigenvalue weighted by Gasteiger charge is -2.21. The third-order valence-electron chi connectivity index (χ3n) is 3.34. The highest BCUT2D eigenvalue weighted by Crippen LogP contribution is 2.35. The van der Waals surface area contributed by atoms with E-state index in [1.165, 1.54) is 16.9 Å². The molecule has 1 aliphatic rings. The molecule has 0 spiro atoms. The van der Waals surface area contributed by atoms with E-state index in [1.807, 2.05) is 13.0 Å². The fourth-order valence-electron chi connectivity index (χ4n) is 2.54. The number of anilines is 2. The Morgan fingerprint density at radius 2 is 1.67 bits per heavy atom. The first kappa shape index (κ1) is 10.9. The van der Waals surface area contributed by atoms with Gasteiger partial charge in [-0.3, -0.25) is 0 Å². The van der Waals surface area contributed by atoms with Crippen LogP contribution in [0.5, 0.6) is 0 Å². The minimum atomic E-state index is 1.04. The molecule has 2 aromatic rings. The SMILES string of the molecule is CC#Cc1ccccc1N1CCc2ccccc21. The zero-order chi connectivity index (χ0) is 12.4. The lowest BCUT2D eigenvalue weighted by atomic mass is 10.1. The molecule has 0 aromatic heterocycles. The zero-order valence-corrected chi connectivity index (χ0v) is 10.5. The molecule has 3 rings (SSSR count). The van der Waals surface area contributed by atoms with Crippen LogP contribution in [0.1, 0.15) is 18.1 Å². The van der Waals surface area contributed by atoms with Crippen molar-refractivity contribution in [2.75, 3.05) is 11.4 Å². The van der Waals surface area contributed by atoms with Gasteiger partial charge in [0, 0.05) is 17.8 Å². The smallest absolute Gasteiger partial charge is 0.0570 e. The van der Waals surface area contributed by atoms with Gasteiger partial charge in [-0.1, -0.05) is 36.3 Å². The summed E-state index contributed by atoms with van der Waals surface area (Å²) >= 11 is 0. The second-order valence-electron chi connectivity index (χ2n) is 4.42. The van der Waals surface area contributed by atoms with Crippen molar-refractivity contribution in [1.82, 2.24) is 0 Å². The summed E-state index contributed by atoms with van der Waals surface area (Å²) < 4.78 is 0. The van der Waals surface area contributed by atoms with E-state index in [9.17, 15) is 0 Å². The maximum atomic E-state index is 3.19. The number of hydrogen-bond acceptors (Lipinski definition) is 1. The van der Waals surface area contributed by atoms with Gasteiger partial charge in [-0.15, -0.1) is 5.92 Å². The minimum Gasteiger partial charge on any atom is -0.340 e. The van der Waals surface area contributed by atoms with Gasteiger partial charge < -0.3 is 4.90 Å². The van der Waals surface area contributed by atoms with Crippen LogP contribution in [0.4, 0.5) is 11.4 Å². The lowest BCUT2D eigenvalue weighted by molar-refractivity contribution is 0.997. The molecular formula is C17H15N. The molecule has 0 saturated heterocycles. The van der Waals surface area contributed by atoms with Gasteiger partial charge in [0.1, 0.15) is 0 Å². The normalized spacial score (nSPS) is 12.8. The summed E-state index contributed by atoms with van der Waals surface area (Å²) in [6.45, 7) is 2.93. The van der Waals surface area contributed by atoms with Crippen LogP contribution >= 0.6 is 0 Å². The van der Waals surface area contributed by atoms with E-state index in [0.29, 0.717) is 0 Å². The van der Waals surface area contributed by atoms with Gasteiger partial charge in [0.15, 0.2) is 0 Å². The zero-order valence-electron chi connectivity index (χ0n) is 10.5. The Kier molecular flexibility index (Phi) is 2.78. The molecule has 1 heteroatoms. The van der Waals surface area contributed by atoms with Crippen LogP contribution in [0.15, 0.2) is 48.5 Å². The van der Waals surface area contributed by atoms with Gasteiger partial charge >= 0.3 is 0 Å². The van der Waals surface area contributed by atoms with Gasteiger partial charge in [-0.2, -0.15) is 0 Å². The third-order valence-corrected chi connectivity index (χ3v) is 3.34. The standard InChI is InChI=1S/C17H15N/c1-2-7-14-8-3-5-10-16(14)18-13-12-15-9-4-6-11-17(15)18/h3-6,8-11H,12-13H2,1H3. The van der Waals surface area contributed by atoms with Gasteiger partial charge in [0.2, 0.25) is 0 Å². The summed E-state index contributed by atoms with van der Waals surface area (Å²) in [7, 11) is 0. The third kappa shape index (κ3) is 1.76. The van der Waals surface area contributed by atoms with E-state index < -0.39 is 0 Å². The van der Waals surface area contributed by atoms with Gasteiger partial charge in [0.25, 0.3) is 0 Å². The van der Waals surface area contributed by atoms with Crippen molar-refractivity contribution in [1.29, 1.82) is 0 Å². The number of benzene rings is 2. The van der Waals surface area contributed by atoms with Crippen molar-refractivity contribution in [3.05, 3.63) is 59.7 Å². The predicted molar refractivity (Wildman–Crippen MR) is 76.1 cm³/mol. The van der Waals surface area contributed by atoms with Crippen molar-refractivity contribution in [3.63, 3.8) is 0 Å². The number of fused-ring (bicyclic) bond motifs is 1. The quantitative estimate of drug-likeness (QED) is 0.678. The topological polar surface area (TPSA) is 3.24 Å². The highest BCUT2D eigenvalue weighted by Gasteiger charge is 2.20. The monoisotopic (exact) mass is 233 g/mol. The predicted octanol–water partition coefficient (Wildman–Crippen LogP) is 3.75. The highest BCUT2D eigenvalue weighted by molar-refractivity contribution is 5.74. The average molecular weight is 233 g/mol. The molecule has 1 aliphatic heterocycles. The van der Waals surface area contributed by atoms with Crippen LogP contribution in [0.3, 0.4) is 0 Å². The second kappa shape index (κ2) is 4.58. The molecule has 0 amide bonds. The van der Waals surface area contributed by atoms with Crippen LogP contribution in [-0.2, 0) is 6.42 Å². The molecule has 1 nitrogen and oxygen atoms in total. The Balaban J connectivity index is 2.09. The van der Waals surface area contributed by atoms with Crippen LogP contribution in [0, 0.1) is 11.8 Å². The molecule has 1 heterocycles. The lowest BCUT2D eigenvalue weighted by Crippen LogP contribution is -2.14. The van der Waals surface area contributed by atoms with E-state index in [-0.39, 0.29) is 0 Å². The molecule has 0 N–H and O–H groups in total. The summed E-state index contributed by atoms with van der Waals surface area (Å²) in [6, 6.07) is 17.0. The first-order valence-corrected chi connectivity index (χ1v) is 6.27. The van der Waals surface area contributed by atoms with E-state index in [4.69, 9.17) is 0 Å². The molecule has 0 fully saturated rings. The first-order chi connectivity index (χ1) is 8.90. The van der Waals surface area contributed by atoms with Crippen molar-refractivity contribution in [3.8, 4) is 11.8 Å². The van der Waals surface area contributed by atoms with Gasteiger partial charge in [-0.05, 0) is 37.1 Å². The Morgan fingerprint density at radius 3 is 2.50 bits per heavy atom. The molecule has 88 valence electrons. The van der Waals surface area contributed by atoms with Crippen molar-refractivity contribution >= 4 is 11.4 Å². The van der Waals surface area contributed by atoms with Crippen LogP contribution in [0.25, 0.3) is 0 Å². The number of para-hydroxylation sites is 2. The summed E-state index contributed by atoms with van der Waals surface area (Å²) in [5.74, 6) is 6.19. The maximum absolute atomic E-state index is 3.19. The van der Waals surface area contributed by atoms with E-state index >= 15 is 0 Å². The molecule has 0 radical (unpaired) electrons. The fourth-order valence-corrected chi connectivity index (χ4v) is 2.54. The highest BCUT2D eigenvalue weighted by atomic mass is 15.2. The molecule has 2 aromatic carbocycles. The van der Waals surface area contributed by atoms with E-state index in [0.717, 1.165) is 18.5 Å². The Hall–Kier alpha value is -2.20. The summed E-state index contributed by atoms with van der Waals surface area (Å²) in [5, 5.41) is 0. The Morgan fingerprint density at radius 1 is 0.944 bits per heavy atom. The fraction of sp³-hybridized carbons (Fsp3) is 0.176. The second-order valence-corrected chi connectivity index (χ2v) is 4.42. The van der Waals surface area contributed by atoms with Crippen molar-refractivity contribution in [2.45, 2.75) is 13.3 Å². The minimum absolute atomic E-state index is 1.04. The summed E-state index contributed by atoms with van der Waals surface area (Å²) in [6.07, 6.45) is 1.12. The Labute approximate surface area is 108 Å². The largest absolute Gasteiger partial charge is 0.340 e. The molecule has 0 bridgehead atoms. The molecule has 0 aliphatic carbocycles. The molecule has 0 unspecified atom stereocenters. The number of rotatable bonds is 1. The Bertz CT molecular complexity index is 631. The number of nitrogens with zero attached hydrogens (tertiary/aromatic N) is 1. The molecule has 18 heavy (non-hydrogen) atoms. The summed E-state index contributed by atoms with van der Waals surface area (Å²) in [5.41, 5.74) is 5.08. The first-order valence-electron chi connectivity index (χ1n) is 6.27. The summed E-state index contributed by atoms with van der Waals surface area (Å²) in [4.78, 5) is 2.37. The average Bonchev–Trinajstić information content (AvgIpc) is 2.84. The van der Waals surface area contributed by atoms with Crippen LogP contribution in [-0.4, -0.2) is 6.54 Å². The molecule has 0 saturated carbocycles. The van der Waals surface area contributed by atoms with Crippen LogP contribution < -0.4 is 4.90 Å². The molecule has 0 atom stereocenters. The van der Waals surface area contributed by atoms with Gasteiger partial charge in [-0.25, -0.2) is 0 Å². The van der Waals surface area contributed by atoms with E-state index in [1.54, 1.807) is 0 Å². The van der Waals surface area contributed by atoms with Crippen molar-refractivity contribution in [2.24, 2.45) is 0 Å². The van der Waals surface area contributed by atoms with E-state index in [2.05, 4.69) is 59.2 Å². The van der Waals surface area contributed by atoms with Gasteiger partial charge in [0.05, 0.1) is 5.69 Å². The maximum Gasteiger partial charge on any atom is 0.0570 e.